The van der Waals surface area contributed by atoms with Crippen molar-refractivity contribution in [1.82, 2.24) is 5.32 Å². The Morgan fingerprint density at radius 1 is 1.12 bits per heavy atom. The first kappa shape index (κ1) is 17.6. The van der Waals surface area contributed by atoms with Gasteiger partial charge in [0.1, 0.15) is 11.6 Å². The van der Waals surface area contributed by atoms with Crippen molar-refractivity contribution in [3.8, 4) is 5.75 Å². The number of thiophene rings is 1. The van der Waals surface area contributed by atoms with Crippen LogP contribution < -0.4 is 10.1 Å². The summed E-state index contributed by atoms with van der Waals surface area (Å²) in [6.45, 7) is -0.105. The van der Waals surface area contributed by atoms with Gasteiger partial charge in [0.15, 0.2) is 6.61 Å². The Labute approximate surface area is 157 Å². The summed E-state index contributed by atoms with van der Waals surface area (Å²) >= 11 is 4.91. The molecule has 0 aliphatic rings. The van der Waals surface area contributed by atoms with E-state index in [1.807, 2.05) is 35.7 Å². The van der Waals surface area contributed by atoms with E-state index >= 15 is 0 Å². The minimum Gasteiger partial charge on any atom is -0.483 e. The second-order valence-corrected chi connectivity index (χ2v) is 7.12. The van der Waals surface area contributed by atoms with Crippen molar-refractivity contribution in [1.29, 1.82) is 0 Å². The van der Waals surface area contributed by atoms with E-state index in [0.717, 1.165) is 14.9 Å². The van der Waals surface area contributed by atoms with Crippen LogP contribution >= 0.6 is 27.3 Å². The quantitative estimate of drug-likeness (QED) is 0.614. The van der Waals surface area contributed by atoms with Crippen molar-refractivity contribution in [3.63, 3.8) is 0 Å². The third-order valence-electron chi connectivity index (χ3n) is 3.53. The zero-order chi connectivity index (χ0) is 17.6. The van der Waals surface area contributed by atoms with Gasteiger partial charge in [0.2, 0.25) is 0 Å². The summed E-state index contributed by atoms with van der Waals surface area (Å²) < 4.78 is 19.5. The SMILES string of the molecule is O=C(COc1ccccc1Br)NC(c1ccc(F)cc1)c1cccs1. The standard InChI is InChI=1S/C19H15BrFNO2S/c20-15-4-1-2-5-16(15)24-12-18(23)22-19(17-6-3-11-25-17)13-7-9-14(21)10-8-13/h1-11,19H,12H2,(H,22,23). The number of nitrogens with one attached hydrogen (secondary N) is 1. The molecule has 3 aromatic rings. The van der Waals surface area contributed by atoms with E-state index in [0.29, 0.717) is 5.75 Å². The lowest BCUT2D eigenvalue weighted by Crippen LogP contribution is -2.33. The largest absolute Gasteiger partial charge is 0.483 e. The molecule has 1 N–H and O–H groups in total. The van der Waals surface area contributed by atoms with Crippen LogP contribution in [-0.4, -0.2) is 12.5 Å². The highest BCUT2D eigenvalue weighted by Crippen LogP contribution is 2.27. The predicted molar refractivity (Wildman–Crippen MR) is 100 cm³/mol. The van der Waals surface area contributed by atoms with Crippen LogP contribution in [0.4, 0.5) is 4.39 Å². The van der Waals surface area contributed by atoms with Crippen molar-refractivity contribution >= 4 is 33.2 Å². The van der Waals surface area contributed by atoms with E-state index in [1.165, 1.54) is 23.5 Å². The number of carbonyl (C=O) groups excluding carboxylic acids is 1. The van der Waals surface area contributed by atoms with Crippen LogP contribution in [0.5, 0.6) is 5.75 Å². The van der Waals surface area contributed by atoms with Gasteiger partial charge in [-0.2, -0.15) is 0 Å². The fourth-order valence-electron chi connectivity index (χ4n) is 2.34. The number of hydrogen-bond donors (Lipinski definition) is 1. The minimum atomic E-state index is -0.337. The number of halogens is 2. The Kier molecular flexibility index (Phi) is 5.83. The Morgan fingerprint density at radius 2 is 1.88 bits per heavy atom. The molecular weight excluding hydrogens is 405 g/mol. The lowest BCUT2D eigenvalue weighted by atomic mass is 10.1. The van der Waals surface area contributed by atoms with Crippen LogP contribution in [0.3, 0.4) is 0 Å². The molecule has 1 aromatic heterocycles. The maximum Gasteiger partial charge on any atom is 0.258 e. The van der Waals surface area contributed by atoms with Crippen LogP contribution in [0, 0.1) is 5.82 Å². The molecular formula is C19H15BrFNO2S. The fraction of sp³-hybridized carbons (Fsp3) is 0.105. The maximum absolute atomic E-state index is 13.2. The molecule has 0 radical (unpaired) electrons. The number of amides is 1. The van der Waals surface area contributed by atoms with Gasteiger partial charge in [0.25, 0.3) is 5.91 Å². The van der Waals surface area contributed by atoms with Crippen LogP contribution in [0.1, 0.15) is 16.5 Å². The van der Waals surface area contributed by atoms with E-state index in [1.54, 1.807) is 18.2 Å². The monoisotopic (exact) mass is 419 g/mol. The predicted octanol–water partition coefficient (Wildman–Crippen LogP) is 4.93. The van der Waals surface area contributed by atoms with Crippen molar-refractivity contribution in [2.75, 3.05) is 6.61 Å². The van der Waals surface area contributed by atoms with Crippen molar-refractivity contribution in [3.05, 3.63) is 86.8 Å². The second kappa shape index (κ2) is 8.27. The summed E-state index contributed by atoms with van der Waals surface area (Å²) in [4.78, 5) is 13.3. The molecule has 1 atom stereocenters. The van der Waals surface area contributed by atoms with Gasteiger partial charge in [-0.05, 0) is 57.2 Å². The summed E-state index contributed by atoms with van der Waals surface area (Å²) in [7, 11) is 0. The molecule has 0 aliphatic carbocycles. The first-order valence-corrected chi connectivity index (χ1v) is 9.26. The van der Waals surface area contributed by atoms with E-state index < -0.39 is 0 Å². The van der Waals surface area contributed by atoms with Crippen LogP contribution in [0.25, 0.3) is 0 Å². The van der Waals surface area contributed by atoms with Crippen LogP contribution in [-0.2, 0) is 4.79 Å². The smallest absolute Gasteiger partial charge is 0.258 e. The molecule has 25 heavy (non-hydrogen) atoms. The third kappa shape index (κ3) is 4.67. The first-order chi connectivity index (χ1) is 12.1. The molecule has 0 fully saturated rings. The van der Waals surface area contributed by atoms with Gasteiger partial charge in [-0.25, -0.2) is 4.39 Å². The highest BCUT2D eigenvalue weighted by molar-refractivity contribution is 9.10. The molecule has 128 valence electrons. The third-order valence-corrected chi connectivity index (χ3v) is 5.12. The number of hydrogen-bond acceptors (Lipinski definition) is 3. The maximum atomic E-state index is 13.2. The van der Waals surface area contributed by atoms with Gasteiger partial charge in [-0.15, -0.1) is 11.3 Å². The van der Waals surface area contributed by atoms with Gasteiger partial charge < -0.3 is 10.1 Å². The van der Waals surface area contributed by atoms with Gasteiger partial charge in [0.05, 0.1) is 10.5 Å². The normalized spacial score (nSPS) is 11.8. The molecule has 3 rings (SSSR count). The van der Waals surface area contributed by atoms with E-state index in [4.69, 9.17) is 4.74 Å². The summed E-state index contributed by atoms with van der Waals surface area (Å²) in [5.74, 6) is 0.0443. The number of carbonyl (C=O) groups is 1. The number of benzene rings is 2. The lowest BCUT2D eigenvalue weighted by molar-refractivity contribution is -0.123. The summed E-state index contributed by atoms with van der Waals surface area (Å²) in [6, 6.07) is 17.0. The van der Waals surface area contributed by atoms with Gasteiger partial charge in [-0.1, -0.05) is 30.3 Å². The van der Waals surface area contributed by atoms with Crippen molar-refractivity contribution < 1.29 is 13.9 Å². The summed E-state index contributed by atoms with van der Waals surface area (Å²) in [5, 5.41) is 4.89. The molecule has 1 heterocycles. The summed E-state index contributed by atoms with van der Waals surface area (Å²) in [5.41, 5.74) is 0.818. The Bertz CT molecular complexity index is 837. The van der Waals surface area contributed by atoms with Gasteiger partial charge in [-0.3, -0.25) is 4.79 Å². The molecule has 0 bridgehead atoms. The zero-order valence-corrected chi connectivity index (χ0v) is 15.5. The van der Waals surface area contributed by atoms with E-state index in [-0.39, 0.29) is 24.4 Å². The topological polar surface area (TPSA) is 38.3 Å². The lowest BCUT2D eigenvalue weighted by Gasteiger charge is -2.18. The molecule has 0 saturated carbocycles. The van der Waals surface area contributed by atoms with Crippen LogP contribution in [0.15, 0.2) is 70.5 Å². The molecule has 2 aromatic carbocycles. The highest BCUT2D eigenvalue weighted by atomic mass is 79.9. The minimum absolute atomic E-state index is 0.105. The van der Waals surface area contributed by atoms with Crippen molar-refractivity contribution in [2.24, 2.45) is 0 Å². The molecule has 1 amide bonds. The average Bonchev–Trinajstić information content (AvgIpc) is 3.14. The molecule has 6 heteroatoms. The summed E-state index contributed by atoms with van der Waals surface area (Å²) in [6.07, 6.45) is 0. The van der Waals surface area contributed by atoms with E-state index in [9.17, 15) is 9.18 Å². The van der Waals surface area contributed by atoms with Gasteiger partial charge in [0, 0.05) is 4.88 Å². The Balaban J connectivity index is 1.71. The average molecular weight is 420 g/mol. The number of para-hydroxylation sites is 1. The molecule has 0 spiro atoms. The fourth-order valence-corrected chi connectivity index (χ4v) is 3.54. The Hall–Kier alpha value is -2.18. The molecule has 0 aliphatic heterocycles. The number of ether oxygens (including phenoxy) is 1. The zero-order valence-electron chi connectivity index (χ0n) is 13.1. The van der Waals surface area contributed by atoms with E-state index in [2.05, 4.69) is 21.2 Å². The Morgan fingerprint density at radius 3 is 2.56 bits per heavy atom. The molecule has 3 nitrogen and oxygen atoms in total. The highest BCUT2D eigenvalue weighted by Gasteiger charge is 2.18. The molecule has 1 unspecified atom stereocenters. The van der Waals surface area contributed by atoms with Crippen molar-refractivity contribution in [2.45, 2.75) is 6.04 Å². The van der Waals surface area contributed by atoms with Crippen LogP contribution in [0.2, 0.25) is 0 Å². The van der Waals surface area contributed by atoms with Gasteiger partial charge >= 0.3 is 0 Å². The first-order valence-electron chi connectivity index (χ1n) is 7.59. The number of rotatable bonds is 6. The molecule has 0 saturated heterocycles. The second-order valence-electron chi connectivity index (χ2n) is 5.29.